The molecule has 0 fully saturated rings. The zero-order chi connectivity index (χ0) is 14.1. The molecule has 0 spiro atoms. The molecule has 0 saturated heterocycles. The molecule has 0 aliphatic heterocycles. The third-order valence-electron chi connectivity index (χ3n) is 3.51. The molecule has 0 aliphatic carbocycles. The van der Waals surface area contributed by atoms with E-state index in [9.17, 15) is 0 Å². The first-order valence-corrected chi connectivity index (χ1v) is 6.93. The molecule has 0 amide bonds. The molecule has 3 aromatic rings. The van der Waals surface area contributed by atoms with Gasteiger partial charge in [-0.1, -0.05) is 35.4 Å². The quantitative estimate of drug-likeness (QED) is 0.683. The molecular formula is C17H16ClNO. The molecule has 0 aliphatic rings. The molecule has 0 N–H and O–H groups in total. The Labute approximate surface area is 123 Å². The normalized spacial score (nSPS) is 10.9. The van der Waals surface area contributed by atoms with Crippen molar-refractivity contribution in [1.82, 2.24) is 4.57 Å². The molecule has 1 aromatic heterocycles. The SMILES string of the molecule is COc1ccc(C)cc1Cn1ccc2ccc(Cl)cc21. The summed E-state index contributed by atoms with van der Waals surface area (Å²) in [6.07, 6.45) is 2.09. The second-order valence-corrected chi connectivity index (χ2v) is 5.40. The number of aryl methyl sites for hydroxylation is 1. The largest absolute Gasteiger partial charge is 0.496 e. The van der Waals surface area contributed by atoms with E-state index in [0.29, 0.717) is 0 Å². The molecule has 0 radical (unpaired) electrons. The average molecular weight is 286 g/mol. The number of aromatic nitrogens is 1. The molecule has 2 nitrogen and oxygen atoms in total. The summed E-state index contributed by atoms with van der Waals surface area (Å²) in [6, 6.07) is 14.3. The maximum Gasteiger partial charge on any atom is 0.123 e. The fraction of sp³-hybridized carbons (Fsp3) is 0.176. The van der Waals surface area contributed by atoms with Crippen molar-refractivity contribution in [1.29, 1.82) is 0 Å². The first-order valence-electron chi connectivity index (χ1n) is 6.55. The van der Waals surface area contributed by atoms with Gasteiger partial charge in [0.05, 0.1) is 13.7 Å². The summed E-state index contributed by atoms with van der Waals surface area (Å²) in [7, 11) is 1.71. The number of hydrogen-bond donors (Lipinski definition) is 0. The first-order chi connectivity index (χ1) is 9.67. The van der Waals surface area contributed by atoms with Crippen molar-refractivity contribution in [2.45, 2.75) is 13.5 Å². The fourth-order valence-electron chi connectivity index (χ4n) is 2.51. The van der Waals surface area contributed by atoms with Gasteiger partial charge in [-0.2, -0.15) is 0 Å². The number of fused-ring (bicyclic) bond motifs is 1. The zero-order valence-corrected chi connectivity index (χ0v) is 12.3. The topological polar surface area (TPSA) is 14.2 Å². The van der Waals surface area contributed by atoms with Crippen LogP contribution in [0.15, 0.2) is 48.7 Å². The van der Waals surface area contributed by atoms with Gasteiger partial charge in [-0.05, 0) is 36.6 Å². The minimum atomic E-state index is 0.758. The van der Waals surface area contributed by atoms with Crippen LogP contribution in [0.3, 0.4) is 0 Å². The summed E-state index contributed by atoms with van der Waals surface area (Å²) < 4.78 is 7.64. The minimum Gasteiger partial charge on any atom is -0.496 e. The smallest absolute Gasteiger partial charge is 0.123 e. The van der Waals surface area contributed by atoms with E-state index in [-0.39, 0.29) is 0 Å². The van der Waals surface area contributed by atoms with Gasteiger partial charge in [0.2, 0.25) is 0 Å². The third-order valence-corrected chi connectivity index (χ3v) is 3.75. The molecule has 0 atom stereocenters. The van der Waals surface area contributed by atoms with E-state index in [1.807, 2.05) is 24.3 Å². The molecule has 0 saturated carbocycles. The highest BCUT2D eigenvalue weighted by Crippen LogP contribution is 2.25. The standard InChI is InChI=1S/C17H16ClNO/c1-12-3-6-17(20-2)14(9-12)11-19-8-7-13-4-5-15(18)10-16(13)19/h3-10H,11H2,1-2H3. The van der Waals surface area contributed by atoms with Crippen LogP contribution in [0.5, 0.6) is 5.75 Å². The van der Waals surface area contributed by atoms with Crippen LogP contribution >= 0.6 is 11.6 Å². The Bertz CT molecular complexity index is 761. The van der Waals surface area contributed by atoms with Crippen molar-refractivity contribution in [3.05, 3.63) is 64.8 Å². The lowest BCUT2D eigenvalue weighted by Crippen LogP contribution is -2.01. The number of ether oxygens (including phenoxy) is 1. The van der Waals surface area contributed by atoms with E-state index in [2.05, 4.69) is 35.9 Å². The van der Waals surface area contributed by atoms with E-state index in [1.54, 1.807) is 7.11 Å². The molecular weight excluding hydrogens is 270 g/mol. The summed E-state index contributed by atoms with van der Waals surface area (Å²) in [5.74, 6) is 0.916. The van der Waals surface area contributed by atoms with Gasteiger partial charge in [0, 0.05) is 22.3 Å². The van der Waals surface area contributed by atoms with Gasteiger partial charge in [-0.25, -0.2) is 0 Å². The van der Waals surface area contributed by atoms with Gasteiger partial charge in [0.1, 0.15) is 5.75 Å². The number of benzene rings is 2. The summed E-state index contributed by atoms with van der Waals surface area (Å²) in [5, 5.41) is 1.95. The van der Waals surface area contributed by atoms with Gasteiger partial charge >= 0.3 is 0 Å². The van der Waals surface area contributed by atoms with Crippen LogP contribution in [0.4, 0.5) is 0 Å². The lowest BCUT2D eigenvalue weighted by atomic mass is 10.1. The van der Waals surface area contributed by atoms with Crippen LogP contribution in [-0.4, -0.2) is 11.7 Å². The second kappa shape index (κ2) is 5.22. The Morgan fingerprint density at radius 2 is 1.95 bits per heavy atom. The van der Waals surface area contributed by atoms with E-state index < -0.39 is 0 Å². The van der Waals surface area contributed by atoms with Gasteiger partial charge in [-0.15, -0.1) is 0 Å². The van der Waals surface area contributed by atoms with E-state index >= 15 is 0 Å². The van der Waals surface area contributed by atoms with Gasteiger partial charge in [-0.3, -0.25) is 0 Å². The lowest BCUT2D eigenvalue weighted by molar-refractivity contribution is 0.408. The van der Waals surface area contributed by atoms with Crippen molar-refractivity contribution in [3.8, 4) is 5.75 Å². The Morgan fingerprint density at radius 1 is 1.10 bits per heavy atom. The van der Waals surface area contributed by atoms with Crippen molar-refractivity contribution < 1.29 is 4.74 Å². The Balaban J connectivity index is 2.05. The zero-order valence-electron chi connectivity index (χ0n) is 11.6. The maximum atomic E-state index is 6.10. The Kier molecular flexibility index (Phi) is 3.41. The second-order valence-electron chi connectivity index (χ2n) is 4.96. The summed E-state index contributed by atoms with van der Waals surface area (Å²) >= 11 is 6.10. The highest BCUT2D eigenvalue weighted by Gasteiger charge is 2.07. The van der Waals surface area contributed by atoms with Crippen LogP contribution < -0.4 is 4.74 Å². The van der Waals surface area contributed by atoms with Crippen LogP contribution in [0, 0.1) is 6.92 Å². The van der Waals surface area contributed by atoms with E-state index in [0.717, 1.165) is 22.8 Å². The van der Waals surface area contributed by atoms with E-state index in [1.165, 1.54) is 16.5 Å². The fourth-order valence-corrected chi connectivity index (χ4v) is 2.68. The number of methoxy groups -OCH3 is 1. The van der Waals surface area contributed by atoms with Crippen molar-refractivity contribution >= 4 is 22.5 Å². The summed E-state index contributed by atoms with van der Waals surface area (Å²) in [5.41, 5.74) is 3.54. The molecule has 3 rings (SSSR count). The Morgan fingerprint density at radius 3 is 2.75 bits per heavy atom. The molecule has 1 heterocycles. The van der Waals surface area contributed by atoms with Gasteiger partial charge in [0.15, 0.2) is 0 Å². The molecule has 2 aromatic carbocycles. The first kappa shape index (κ1) is 13.1. The third kappa shape index (κ3) is 2.39. The van der Waals surface area contributed by atoms with Crippen LogP contribution in [0.25, 0.3) is 10.9 Å². The van der Waals surface area contributed by atoms with Crippen molar-refractivity contribution in [2.75, 3.05) is 7.11 Å². The number of rotatable bonds is 3. The lowest BCUT2D eigenvalue weighted by Gasteiger charge is -2.11. The summed E-state index contributed by atoms with van der Waals surface area (Å²) in [6.45, 7) is 2.86. The number of halogens is 1. The summed E-state index contributed by atoms with van der Waals surface area (Å²) in [4.78, 5) is 0. The molecule has 102 valence electrons. The minimum absolute atomic E-state index is 0.758. The van der Waals surface area contributed by atoms with Gasteiger partial charge < -0.3 is 9.30 Å². The Hall–Kier alpha value is -1.93. The average Bonchev–Trinajstić information content (AvgIpc) is 2.82. The highest BCUT2D eigenvalue weighted by molar-refractivity contribution is 6.31. The highest BCUT2D eigenvalue weighted by atomic mass is 35.5. The predicted molar refractivity (Wildman–Crippen MR) is 83.8 cm³/mol. The predicted octanol–water partition coefficient (Wildman–Crippen LogP) is 4.66. The van der Waals surface area contributed by atoms with Crippen molar-refractivity contribution in [3.63, 3.8) is 0 Å². The number of nitrogens with zero attached hydrogens (tertiary/aromatic N) is 1. The van der Waals surface area contributed by atoms with Gasteiger partial charge in [0.25, 0.3) is 0 Å². The monoisotopic (exact) mass is 285 g/mol. The molecule has 3 heteroatoms. The molecule has 0 bridgehead atoms. The van der Waals surface area contributed by atoms with E-state index in [4.69, 9.17) is 16.3 Å². The van der Waals surface area contributed by atoms with Crippen LogP contribution in [0.2, 0.25) is 5.02 Å². The maximum absolute atomic E-state index is 6.10. The van der Waals surface area contributed by atoms with Crippen molar-refractivity contribution in [2.24, 2.45) is 0 Å². The molecule has 0 unspecified atom stereocenters. The van der Waals surface area contributed by atoms with Crippen LogP contribution in [0.1, 0.15) is 11.1 Å². The van der Waals surface area contributed by atoms with Crippen LogP contribution in [-0.2, 0) is 6.54 Å². The molecule has 20 heavy (non-hydrogen) atoms. The number of hydrogen-bond acceptors (Lipinski definition) is 1.